The maximum Gasteiger partial charge on any atom is 0.337 e. The van der Waals surface area contributed by atoms with Gasteiger partial charge in [0.15, 0.2) is 11.6 Å². The highest BCUT2D eigenvalue weighted by atomic mass is 19.1. The highest BCUT2D eigenvalue weighted by molar-refractivity contribution is 6.06. The molecule has 0 bridgehead atoms. The second kappa shape index (κ2) is 12.1. The molecule has 0 saturated carbocycles. The molecule has 0 unspecified atom stereocenters. The quantitative estimate of drug-likeness (QED) is 0.299. The Kier molecular flexibility index (Phi) is 8.62. The van der Waals surface area contributed by atoms with Gasteiger partial charge in [0, 0.05) is 24.8 Å². The monoisotopic (exact) mass is 566 g/mol. The lowest BCUT2D eigenvalue weighted by atomic mass is 10.1. The molecule has 0 atom stereocenters. The van der Waals surface area contributed by atoms with Gasteiger partial charge in [-0.3, -0.25) is 14.4 Å². The first kappa shape index (κ1) is 29.2. The van der Waals surface area contributed by atoms with Crippen molar-refractivity contribution >= 4 is 22.9 Å². The molecule has 0 aliphatic rings. The average molecular weight is 567 g/mol. The summed E-state index contributed by atoms with van der Waals surface area (Å²) in [6, 6.07) is 14.2. The first-order valence-electron chi connectivity index (χ1n) is 12.5. The number of rotatable bonds is 9. The fraction of sp³-hybridized carbons (Fsp3) is 0.207. The Labute approximate surface area is 233 Å². The van der Waals surface area contributed by atoms with Gasteiger partial charge in [0.05, 0.1) is 30.7 Å². The summed E-state index contributed by atoms with van der Waals surface area (Å²) in [6.07, 6.45) is 0. The standard InChI is InChI=1S/C29H29F3N6O3/c1-34-17-11-13-18(14-12-17)35-22(16-36(2)3)25-27(33)37(15-19-20(30)7-5-8-21(19)31)29(40)38(28(25)39)23-9-6-10-24(41-4)26(23)32/h5-14,34H,15-16,33H2,1-4H3. The number of aromatic nitrogens is 2. The molecule has 4 aromatic rings. The Balaban J connectivity index is 2.09. The van der Waals surface area contributed by atoms with Crippen LogP contribution in [0.1, 0.15) is 11.1 Å². The van der Waals surface area contributed by atoms with Gasteiger partial charge in [-0.2, -0.15) is 0 Å². The topological polar surface area (TPSA) is 107 Å². The third-order valence-corrected chi connectivity index (χ3v) is 6.34. The highest BCUT2D eigenvalue weighted by Crippen LogP contribution is 2.24. The third kappa shape index (κ3) is 5.87. The molecular formula is C29H29F3N6O3. The van der Waals surface area contributed by atoms with Crippen molar-refractivity contribution in [1.29, 1.82) is 0 Å². The van der Waals surface area contributed by atoms with E-state index in [1.807, 2.05) is 0 Å². The molecule has 214 valence electrons. The molecule has 3 N–H and O–H groups in total. The van der Waals surface area contributed by atoms with Gasteiger partial charge in [-0.15, -0.1) is 0 Å². The number of nitrogens with one attached hydrogen (secondary N) is 1. The lowest BCUT2D eigenvalue weighted by Gasteiger charge is -2.20. The van der Waals surface area contributed by atoms with Crippen molar-refractivity contribution < 1.29 is 17.9 Å². The van der Waals surface area contributed by atoms with Gasteiger partial charge in [-0.25, -0.2) is 22.5 Å². The Morgan fingerprint density at radius 1 is 1.00 bits per heavy atom. The van der Waals surface area contributed by atoms with Crippen molar-refractivity contribution in [3.05, 3.63) is 110 Å². The van der Waals surface area contributed by atoms with E-state index in [1.54, 1.807) is 50.3 Å². The van der Waals surface area contributed by atoms with Crippen molar-refractivity contribution in [3.63, 3.8) is 0 Å². The lowest BCUT2D eigenvalue weighted by molar-refractivity contribution is 0.385. The molecule has 4 rings (SSSR count). The van der Waals surface area contributed by atoms with Gasteiger partial charge in [0.25, 0.3) is 5.56 Å². The number of benzene rings is 3. The van der Waals surface area contributed by atoms with Crippen molar-refractivity contribution in [3.8, 4) is 11.4 Å². The van der Waals surface area contributed by atoms with Gasteiger partial charge in [0.2, 0.25) is 0 Å². The van der Waals surface area contributed by atoms with Crippen LogP contribution in [0.4, 0.5) is 30.4 Å². The van der Waals surface area contributed by atoms with Crippen LogP contribution in [0, 0.1) is 17.5 Å². The summed E-state index contributed by atoms with van der Waals surface area (Å²) < 4.78 is 51.2. The molecule has 9 nitrogen and oxygen atoms in total. The van der Waals surface area contributed by atoms with Crippen molar-refractivity contribution in [2.75, 3.05) is 45.8 Å². The van der Waals surface area contributed by atoms with E-state index in [4.69, 9.17) is 10.5 Å². The summed E-state index contributed by atoms with van der Waals surface area (Å²) in [6.45, 7) is -0.589. The van der Waals surface area contributed by atoms with Gasteiger partial charge < -0.3 is 20.7 Å². The summed E-state index contributed by atoms with van der Waals surface area (Å²) in [7, 11) is 6.47. The van der Waals surface area contributed by atoms with Crippen LogP contribution in [0.2, 0.25) is 0 Å². The lowest BCUT2D eigenvalue weighted by Crippen LogP contribution is -2.45. The van der Waals surface area contributed by atoms with Gasteiger partial charge in [0.1, 0.15) is 23.0 Å². The number of nitrogen functional groups attached to an aromatic ring is 1. The van der Waals surface area contributed by atoms with E-state index >= 15 is 4.39 Å². The molecule has 1 heterocycles. The molecular weight excluding hydrogens is 537 g/mol. The third-order valence-electron chi connectivity index (χ3n) is 6.34. The number of nitrogens with zero attached hydrogens (tertiary/aromatic N) is 4. The predicted octanol–water partition coefficient (Wildman–Crippen LogP) is 3.78. The number of anilines is 2. The van der Waals surface area contributed by atoms with Crippen LogP contribution in [0.3, 0.4) is 0 Å². The molecule has 0 radical (unpaired) electrons. The Morgan fingerprint density at radius 2 is 1.63 bits per heavy atom. The fourth-order valence-electron chi connectivity index (χ4n) is 4.30. The predicted molar refractivity (Wildman–Crippen MR) is 153 cm³/mol. The van der Waals surface area contributed by atoms with Crippen LogP contribution >= 0.6 is 0 Å². The number of hydrogen-bond donors (Lipinski definition) is 2. The second-order valence-corrected chi connectivity index (χ2v) is 9.36. The normalized spacial score (nSPS) is 11.7. The van der Waals surface area contributed by atoms with Gasteiger partial charge >= 0.3 is 5.69 Å². The first-order valence-corrected chi connectivity index (χ1v) is 12.5. The van der Waals surface area contributed by atoms with E-state index in [1.165, 1.54) is 31.4 Å². The van der Waals surface area contributed by atoms with Crippen molar-refractivity contribution in [2.45, 2.75) is 6.54 Å². The smallest absolute Gasteiger partial charge is 0.337 e. The number of methoxy groups -OCH3 is 1. The molecule has 0 saturated heterocycles. The minimum Gasteiger partial charge on any atom is -0.494 e. The van der Waals surface area contributed by atoms with E-state index < -0.39 is 46.5 Å². The Hall–Kier alpha value is -4.84. The minimum absolute atomic E-state index is 0.0834. The Bertz CT molecular complexity index is 1710. The number of ether oxygens (including phenoxy) is 1. The SMILES string of the molecule is CNc1ccc(N=C(CN(C)C)c2c(N)n(Cc3c(F)cccc3F)c(=O)n(-c3cccc(OC)c3F)c2=O)cc1. The number of halogens is 3. The van der Waals surface area contributed by atoms with E-state index in [2.05, 4.69) is 10.3 Å². The summed E-state index contributed by atoms with van der Waals surface area (Å²) in [5.74, 6) is -3.42. The zero-order valence-electron chi connectivity index (χ0n) is 22.9. The average Bonchev–Trinajstić information content (AvgIpc) is 2.93. The fourth-order valence-corrected chi connectivity index (χ4v) is 4.30. The zero-order chi connectivity index (χ0) is 29.8. The van der Waals surface area contributed by atoms with Crippen molar-refractivity contribution in [2.24, 2.45) is 4.99 Å². The number of likely N-dealkylation sites (N-methyl/N-ethyl adjacent to an activating group) is 1. The van der Waals surface area contributed by atoms with Crippen LogP contribution in [-0.2, 0) is 6.54 Å². The van der Waals surface area contributed by atoms with Crippen LogP contribution in [0.5, 0.6) is 5.75 Å². The molecule has 0 aliphatic heterocycles. The van der Waals surface area contributed by atoms with Gasteiger partial charge in [-0.05, 0) is 62.6 Å². The van der Waals surface area contributed by atoms with Crippen LogP contribution < -0.4 is 27.0 Å². The second-order valence-electron chi connectivity index (χ2n) is 9.36. The molecule has 0 aliphatic carbocycles. The van der Waals surface area contributed by atoms with E-state index in [0.717, 1.165) is 22.4 Å². The molecule has 3 aromatic carbocycles. The summed E-state index contributed by atoms with van der Waals surface area (Å²) in [4.78, 5) is 34.1. The van der Waals surface area contributed by atoms with Crippen molar-refractivity contribution in [1.82, 2.24) is 14.0 Å². The number of nitrogens with two attached hydrogens (primary N) is 1. The van der Waals surface area contributed by atoms with Crippen LogP contribution in [-0.4, -0.2) is 54.5 Å². The molecule has 12 heteroatoms. The molecule has 0 fully saturated rings. The van der Waals surface area contributed by atoms with E-state index in [-0.39, 0.29) is 29.4 Å². The van der Waals surface area contributed by atoms with E-state index in [0.29, 0.717) is 10.3 Å². The first-order chi connectivity index (χ1) is 19.6. The summed E-state index contributed by atoms with van der Waals surface area (Å²) in [5, 5.41) is 3.00. The minimum atomic E-state index is -1.10. The molecule has 0 spiro atoms. The summed E-state index contributed by atoms with van der Waals surface area (Å²) >= 11 is 0. The molecule has 0 amide bonds. The molecule has 1 aromatic heterocycles. The van der Waals surface area contributed by atoms with Crippen LogP contribution in [0.15, 0.2) is 75.2 Å². The Morgan fingerprint density at radius 3 is 2.22 bits per heavy atom. The maximum absolute atomic E-state index is 15.4. The highest BCUT2D eigenvalue weighted by Gasteiger charge is 2.26. The summed E-state index contributed by atoms with van der Waals surface area (Å²) in [5.41, 5.74) is 4.69. The van der Waals surface area contributed by atoms with E-state index in [9.17, 15) is 18.4 Å². The maximum atomic E-state index is 15.4. The number of aliphatic imine (C=N–C) groups is 1. The number of hydrogen-bond acceptors (Lipinski definition) is 7. The molecule has 41 heavy (non-hydrogen) atoms. The van der Waals surface area contributed by atoms with Crippen LogP contribution in [0.25, 0.3) is 5.69 Å². The zero-order valence-corrected chi connectivity index (χ0v) is 22.9. The largest absolute Gasteiger partial charge is 0.494 e. The van der Waals surface area contributed by atoms with Gasteiger partial charge in [-0.1, -0.05) is 12.1 Å².